The van der Waals surface area contributed by atoms with Gasteiger partial charge in [-0.3, -0.25) is 0 Å². The molecule has 1 N–H and O–H groups in total. The Bertz CT molecular complexity index is 73.4. The maximum absolute atomic E-state index is 4.49. The van der Waals surface area contributed by atoms with Crippen LogP contribution in [0.3, 0.4) is 0 Å². The van der Waals surface area contributed by atoms with Crippen LogP contribution in [0.2, 0.25) is 0 Å². The molecule has 1 saturated heterocycles. The van der Waals surface area contributed by atoms with Gasteiger partial charge in [0.15, 0.2) is 0 Å². The molecule has 0 aromatic heterocycles. The first kappa shape index (κ1) is 6.95. The lowest BCUT2D eigenvalue weighted by atomic mass is 10.4. The lowest BCUT2D eigenvalue weighted by Crippen LogP contribution is -2.34. The molecule has 1 heterocycles. The third-order valence-corrected chi connectivity index (χ3v) is 1.36. The monoisotopic (exact) mass is 132 g/mol. The first-order valence-corrected chi connectivity index (χ1v) is 3.14. The topological polar surface area (TPSA) is 33.7 Å². The van der Waals surface area contributed by atoms with E-state index in [1.54, 1.807) is 0 Å². The average Bonchev–Trinajstić information content (AvgIpc) is 2.34. The van der Waals surface area contributed by atoms with Gasteiger partial charge in [0.1, 0.15) is 0 Å². The lowest BCUT2D eigenvalue weighted by Gasteiger charge is -2.12. The minimum Gasteiger partial charge on any atom is -0.220 e. The van der Waals surface area contributed by atoms with Crippen LogP contribution in [-0.2, 0) is 9.88 Å². The molecule has 4 nitrogen and oxygen atoms in total. The fourth-order valence-corrected chi connectivity index (χ4v) is 0.898. The van der Waals surface area contributed by atoms with Crippen molar-refractivity contribution in [2.75, 3.05) is 20.2 Å². The summed E-state index contributed by atoms with van der Waals surface area (Å²) in [5.41, 5.74) is 2.64. The quantitative estimate of drug-likeness (QED) is 0.435. The van der Waals surface area contributed by atoms with Gasteiger partial charge < -0.3 is 0 Å². The molecular formula is C5H12N2O2. The van der Waals surface area contributed by atoms with E-state index in [9.17, 15) is 0 Å². The molecule has 1 rings (SSSR count). The Morgan fingerprint density at radius 3 is 2.56 bits per heavy atom. The molecule has 0 aromatic rings. The van der Waals surface area contributed by atoms with Crippen LogP contribution in [0.1, 0.15) is 12.8 Å². The van der Waals surface area contributed by atoms with Crippen LogP contribution in [0, 0.1) is 0 Å². The number of hydrogen-bond acceptors (Lipinski definition) is 4. The molecule has 0 atom stereocenters. The van der Waals surface area contributed by atoms with Crippen LogP contribution < -0.4 is 5.59 Å². The summed E-state index contributed by atoms with van der Waals surface area (Å²) in [6, 6.07) is 0. The van der Waals surface area contributed by atoms with Gasteiger partial charge in [0, 0.05) is 13.1 Å². The largest absolute Gasteiger partial charge is 0.220 e. The fourth-order valence-electron chi connectivity index (χ4n) is 0.898. The molecule has 0 aliphatic carbocycles. The molecule has 1 aliphatic rings. The first-order valence-electron chi connectivity index (χ1n) is 3.14. The Balaban J connectivity index is 1.98. The highest BCUT2D eigenvalue weighted by Crippen LogP contribution is 2.02. The molecule has 0 aromatic carbocycles. The third-order valence-electron chi connectivity index (χ3n) is 1.36. The van der Waals surface area contributed by atoms with Crippen LogP contribution in [0.5, 0.6) is 0 Å². The van der Waals surface area contributed by atoms with Gasteiger partial charge in [-0.1, -0.05) is 0 Å². The van der Waals surface area contributed by atoms with Gasteiger partial charge in [0.05, 0.1) is 7.11 Å². The van der Waals surface area contributed by atoms with Gasteiger partial charge in [-0.15, -0.1) is 10.6 Å². The standard InChI is InChI=1S/C5H12N2O2/c1-8-9-6-7-4-2-3-5-7/h6H,2-5H2,1H3. The predicted octanol–water partition coefficient (Wildman–Crippen LogP) is 0.0798. The van der Waals surface area contributed by atoms with Crippen LogP contribution in [0.25, 0.3) is 0 Å². The highest BCUT2D eigenvalue weighted by molar-refractivity contribution is 4.58. The summed E-state index contributed by atoms with van der Waals surface area (Å²) in [4.78, 5) is 8.84. The second-order valence-corrected chi connectivity index (χ2v) is 2.04. The van der Waals surface area contributed by atoms with Crippen molar-refractivity contribution in [2.24, 2.45) is 0 Å². The van der Waals surface area contributed by atoms with E-state index < -0.39 is 0 Å². The van der Waals surface area contributed by atoms with Crippen molar-refractivity contribution in [2.45, 2.75) is 12.8 Å². The van der Waals surface area contributed by atoms with Crippen LogP contribution >= 0.6 is 0 Å². The van der Waals surface area contributed by atoms with E-state index in [-0.39, 0.29) is 0 Å². The van der Waals surface area contributed by atoms with E-state index in [0.717, 1.165) is 13.1 Å². The van der Waals surface area contributed by atoms with Crippen LogP contribution in [-0.4, -0.2) is 25.2 Å². The van der Waals surface area contributed by atoms with Gasteiger partial charge in [0.25, 0.3) is 0 Å². The summed E-state index contributed by atoms with van der Waals surface area (Å²) < 4.78 is 0. The molecule has 0 radical (unpaired) electrons. The maximum Gasteiger partial charge on any atom is 0.0733 e. The summed E-state index contributed by atoms with van der Waals surface area (Å²) in [5.74, 6) is 0. The maximum atomic E-state index is 4.49. The summed E-state index contributed by atoms with van der Waals surface area (Å²) in [7, 11) is 1.48. The summed E-state index contributed by atoms with van der Waals surface area (Å²) in [5, 5.41) is 1.98. The molecule has 0 unspecified atom stereocenters. The lowest BCUT2D eigenvalue weighted by molar-refractivity contribution is -0.351. The molecule has 0 amide bonds. The van der Waals surface area contributed by atoms with Gasteiger partial charge in [-0.05, 0) is 12.8 Å². The highest BCUT2D eigenvalue weighted by Gasteiger charge is 2.10. The van der Waals surface area contributed by atoms with Crippen molar-refractivity contribution < 1.29 is 9.88 Å². The second-order valence-electron chi connectivity index (χ2n) is 2.04. The van der Waals surface area contributed by atoms with Crippen molar-refractivity contribution >= 4 is 0 Å². The minimum absolute atomic E-state index is 1.04. The van der Waals surface area contributed by atoms with E-state index >= 15 is 0 Å². The Hall–Kier alpha value is -0.160. The Morgan fingerprint density at radius 1 is 1.33 bits per heavy atom. The summed E-state index contributed by atoms with van der Waals surface area (Å²) in [6.45, 7) is 2.09. The number of rotatable bonds is 3. The molecule has 1 aliphatic heterocycles. The highest BCUT2D eigenvalue weighted by atomic mass is 17.3. The first-order chi connectivity index (χ1) is 4.43. The normalized spacial score (nSPS) is 21.0. The van der Waals surface area contributed by atoms with E-state index in [4.69, 9.17) is 0 Å². The Morgan fingerprint density at radius 2 is 2.00 bits per heavy atom. The summed E-state index contributed by atoms with van der Waals surface area (Å²) >= 11 is 0. The molecule has 0 bridgehead atoms. The van der Waals surface area contributed by atoms with E-state index in [1.807, 2.05) is 5.01 Å². The summed E-state index contributed by atoms with van der Waals surface area (Å²) in [6.07, 6.45) is 2.47. The molecule has 54 valence electrons. The second kappa shape index (κ2) is 3.79. The molecule has 0 spiro atoms. The Kier molecular flexibility index (Phi) is 2.93. The SMILES string of the molecule is COONN1CCCC1. The average molecular weight is 132 g/mol. The van der Waals surface area contributed by atoms with E-state index in [1.165, 1.54) is 20.0 Å². The van der Waals surface area contributed by atoms with Crippen molar-refractivity contribution in [3.8, 4) is 0 Å². The van der Waals surface area contributed by atoms with Crippen molar-refractivity contribution in [1.82, 2.24) is 10.6 Å². The molecule has 0 saturated carbocycles. The number of hydrazine groups is 1. The van der Waals surface area contributed by atoms with Crippen LogP contribution in [0.15, 0.2) is 0 Å². The molecule has 4 heteroatoms. The van der Waals surface area contributed by atoms with Gasteiger partial charge in [-0.25, -0.2) is 9.90 Å². The Labute approximate surface area is 54.6 Å². The van der Waals surface area contributed by atoms with Crippen LogP contribution in [0.4, 0.5) is 0 Å². The zero-order valence-electron chi connectivity index (χ0n) is 5.59. The third kappa shape index (κ3) is 2.28. The molecule has 1 fully saturated rings. The number of hydrogen-bond donors (Lipinski definition) is 1. The fraction of sp³-hybridized carbons (Fsp3) is 1.00. The number of nitrogens with zero attached hydrogens (tertiary/aromatic N) is 1. The zero-order chi connectivity index (χ0) is 6.53. The van der Waals surface area contributed by atoms with Gasteiger partial charge in [0.2, 0.25) is 0 Å². The predicted molar refractivity (Wildman–Crippen MR) is 32.0 cm³/mol. The van der Waals surface area contributed by atoms with Crippen molar-refractivity contribution in [1.29, 1.82) is 0 Å². The van der Waals surface area contributed by atoms with E-state index in [0.29, 0.717) is 0 Å². The van der Waals surface area contributed by atoms with E-state index in [2.05, 4.69) is 15.5 Å². The smallest absolute Gasteiger partial charge is 0.0733 e. The van der Waals surface area contributed by atoms with Crippen molar-refractivity contribution in [3.05, 3.63) is 0 Å². The van der Waals surface area contributed by atoms with Crippen molar-refractivity contribution in [3.63, 3.8) is 0 Å². The molecule has 9 heavy (non-hydrogen) atoms. The minimum atomic E-state index is 1.04. The zero-order valence-corrected chi connectivity index (χ0v) is 5.59. The molecular weight excluding hydrogens is 120 g/mol. The number of nitrogens with one attached hydrogen (secondary N) is 1. The van der Waals surface area contributed by atoms with Gasteiger partial charge >= 0.3 is 0 Å². The van der Waals surface area contributed by atoms with Gasteiger partial charge in [-0.2, -0.15) is 0 Å².